The molecule has 1 aliphatic rings. The number of aromatic nitrogens is 2. The molecule has 0 aromatic carbocycles. The van der Waals surface area contributed by atoms with Crippen LogP contribution < -0.4 is 0 Å². The summed E-state index contributed by atoms with van der Waals surface area (Å²) >= 11 is 0. The van der Waals surface area contributed by atoms with Gasteiger partial charge in [-0.15, -0.1) is 0 Å². The Morgan fingerprint density at radius 3 is 2.36 bits per heavy atom. The maximum Gasteiger partial charge on any atom is 0.131 e. The van der Waals surface area contributed by atoms with Gasteiger partial charge in [0.2, 0.25) is 0 Å². The van der Waals surface area contributed by atoms with Crippen LogP contribution in [0.25, 0.3) is 0 Å². The number of hydrogen-bond acceptors (Lipinski definition) is 2. The maximum atomic E-state index is 4.39. The highest BCUT2D eigenvalue weighted by Crippen LogP contribution is 2.32. The van der Waals surface area contributed by atoms with Gasteiger partial charge in [0.25, 0.3) is 0 Å². The highest BCUT2D eigenvalue weighted by molar-refractivity contribution is 5.09. The second-order valence-electron chi connectivity index (χ2n) is 4.14. The van der Waals surface area contributed by atoms with Crippen LogP contribution in [-0.4, -0.2) is 9.97 Å². The van der Waals surface area contributed by atoms with Gasteiger partial charge in [0.05, 0.1) is 0 Å². The zero-order chi connectivity index (χ0) is 9.97. The fourth-order valence-electron chi connectivity index (χ4n) is 1.90. The molecule has 0 N–H and O–H groups in total. The lowest BCUT2D eigenvalue weighted by atomic mass is 9.86. The third kappa shape index (κ3) is 2.00. The Bertz CT molecular complexity index is 317. The van der Waals surface area contributed by atoms with Gasteiger partial charge >= 0.3 is 0 Å². The first kappa shape index (κ1) is 9.38. The molecule has 1 aliphatic carbocycles. The molecule has 2 nitrogen and oxygen atoms in total. The van der Waals surface area contributed by atoms with E-state index in [1.165, 1.54) is 18.4 Å². The van der Waals surface area contributed by atoms with E-state index in [1.54, 1.807) is 0 Å². The first-order chi connectivity index (χ1) is 6.75. The molecule has 0 unspecified atom stereocenters. The average molecular weight is 188 g/mol. The molecule has 0 atom stereocenters. The van der Waals surface area contributed by atoms with E-state index in [9.17, 15) is 0 Å². The molecule has 2 rings (SSSR count). The monoisotopic (exact) mass is 188 g/mol. The lowest BCUT2D eigenvalue weighted by molar-refractivity contribution is 0.495. The van der Waals surface area contributed by atoms with Gasteiger partial charge in [-0.25, -0.2) is 9.97 Å². The van der Waals surface area contributed by atoms with Crippen molar-refractivity contribution in [2.75, 3.05) is 0 Å². The lowest BCUT2D eigenvalue weighted by Crippen LogP contribution is -2.09. The van der Waals surface area contributed by atoms with Crippen molar-refractivity contribution in [1.82, 2.24) is 9.97 Å². The number of aryl methyl sites for hydroxylation is 1. The molecule has 1 aromatic rings. The van der Waals surface area contributed by atoms with Crippen molar-refractivity contribution in [1.29, 1.82) is 0 Å². The molecule has 2 heteroatoms. The Labute approximate surface area is 85.1 Å². The quantitative estimate of drug-likeness (QED) is 0.633. The van der Waals surface area contributed by atoms with E-state index in [-0.39, 0.29) is 0 Å². The van der Waals surface area contributed by atoms with Crippen LogP contribution in [0.15, 0.2) is 24.5 Å². The summed E-state index contributed by atoms with van der Waals surface area (Å²) in [6.07, 6.45) is 8.44. The van der Waals surface area contributed by atoms with Gasteiger partial charge in [-0.3, -0.25) is 0 Å². The van der Waals surface area contributed by atoms with Gasteiger partial charge in [0.1, 0.15) is 5.82 Å². The van der Waals surface area contributed by atoms with Gasteiger partial charge in [-0.1, -0.05) is 12.2 Å². The smallest absolute Gasteiger partial charge is 0.131 e. The molecular weight excluding hydrogens is 172 g/mol. The highest BCUT2D eigenvalue weighted by atomic mass is 14.9. The summed E-state index contributed by atoms with van der Waals surface area (Å²) in [5.74, 6) is 1.57. The summed E-state index contributed by atoms with van der Waals surface area (Å²) in [6.45, 7) is 6.04. The Kier molecular flexibility index (Phi) is 2.62. The summed E-state index contributed by atoms with van der Waals surface area (Å²) in [5.41, 5.74) is 2.52. The van der Waals surface area contributed by atoms with Crippen LogP contribution in [0.3, 0.4) is 0 Å². The van der Waals surface area contributed by atoms with E-state index in [0.29, 0.717) is 5.92 Å². The molecule has 0 bridgehead atoms. The molecule has 14 heavy (non-hydrogen) atoms. The molecule has 0 amide bonds. The number of hydrogen-bond donors (Lipinski definition) is 0. The van der Waals surface area contributed by atoms with Crippen molar-refractivity contribution in [2.45, 2.75) is 38.5 Å². The maximum absolute atomic E-state index is 4.39. The molecule has 74 valence electrons. The van der Waals surface area contributed by atoms with Gasteiger partial charge in [-0.05, 0) is 38.2 Å². The van der Waals surface area contributed by atoms with Gasteiger partial charge in [-0.2, -0.15) is 0 Å². The normalized spacial score (nSPS) is 18.5. The third-order valence-electron chi connectivity index (χ3n) is 2.86. The van der Waals surface area contributed by atoms with Crippen molar-refractivity contribution in [3.8, 4) is 0 Å². The minimum Gasteiger partial charge on any atom is -0.241 e. The fraction of sp³-hybridized carbons (Fsp3) is 0.500. The first-order valence-electron chi connectivity index (χ1n) is 5.21. The van der Waals surface area contributed by atoms with Crippen LogP contribution in [0.1, 0.15) is 43.0 Å². The number of allylic oxidation sites excluding steroid dienone is 1. The molecule has 0 spiro atoms. The topological polar surface area (TPSA) is 25.8 Å². The van der Waals surface area contributed by atoms with E-state index >= 15 is 0 Å². The fourth-order valence-corrected chi connectivity index (χ4v) is 1.90. The van der Waals surface area contributed by atoms with Gasteiger partial charge in [0.15, 0.2) is 0 Å². The van der Waals surface area contributed by atoms with Crippen molar-refractivity contribution in [2.24, 2.45) is 0 Å². The van der Waals surface area contributed by atoms with Crippen LogP contribution in [0.2, 0.25) is 0 Å². The van der Waals surface area contributed by atoms with Crippen LogP contribution >= 0.6 is 0 Å². The van der Waals surface area contributed by atoms with E-state index < -0.39 is 0 Å². The SMILES string of the molecule is C=C1CCC(c2ncc(C)cn2)CC1. The van der Waals surface area contributed by atoms with Gasteiger partial charge < -0.3 is 0 Å². The molecular formula is C12H16N2. The summed E-state index contributed by atoms with van der Waals surface area (Å²) < 4.78 is 0. The Balaban J connectivity index is 2.08. The minimum absolute atomic E-state index is 0.557. The zero-order valence-corrected chi connectivity index (χ0v) is 8.66. The summed E-state index contributed by atoms with van der Waals surface area (Å²) in [5, 5.41) is 0. The molecule has 1 aromatic heterocycles. The van der Waals surface area contributed by atoms with E-state index in [4.69, 9.17) is 0 Å². The van der Waals surface area contributed by atoms with Crippen LogP contribution in [-0.2, 0) is 0 Å². The standard InChI is InChI=1S/C12H16N2/c1-9-3-5-11(6-4-9)12-13-7-10(2)8-14-12/h7-8,11H,1,3-6H2,2H3. The predicted molar refractivity (Wildman–Crippen MR) is 57.1 cm³/mol. The highest BCUT2D eigenvalue weighted by Gasteiger charge is 2.19. The summed E-state index contributed by atoms with van der Waals surface area (Å²) in [4.78, 5) is 8.77. The molecule has 1 heterocycles. The minimum atomic E-state index is 0.557. The van der Waals surface area contributed by atoms with E-state index in [2.05, 4.69) is 16.5 Å². The van der Waals surface area contributed by atoms with Crippen molar-refractivity contribution >= 4 is 0 Å². The van der Waals surface area contributed by atoms with Gasteiger partial charge in [0, 0.05) is 18.3 Å². The molecule has 0 saturated heterocycles. The number of rotatable bonds is 1. The summed E-state index contributed by atoms with van der Waals surface area (Å²) in [6, 6.07) is 0. The Hall–Kier alpha value is -1.18. The molecule has 0 aliphatic heterocycles. The van der Waals surface area contributed by atoms with Crippen molar-refractivity contribution in [3.05, 3.63) is 35.9 Å². The van der Waals surface area contributed by atoms with Crippen LogP contribution in [0.5, 0.6) is 0 Å². The van der Waals surface area contributed by atoms with Crippen LogP contribution in [0, 0.1) is 6.92 Å². The molecule has 0 radical (unpaired) electrons. The zero-order valence-electron chi connectivity index (χ0n) is 8.66. The Morgan fingerprint density at radius 1 is 1.21 bits per heavy atom. The molecule has 1 saturated carbocycles. The number of nitrogens with zero attached hydrogens (tertiary/aromatic N) is 2. The average Bonchev–Trinajstić information content (AvgIpc) is 2.21. The van der Waals surface area contributed by atoms with Crippen LogP contribution in [0.4, 0.5) is 0 Å². The second-order valence-corrected chi connectivity index (χ2v) is 4.14. The first-order valence-corrected chi connectivity index (χ1v) is 5.21. The third-order valence-corrected chi connectivity index (χ3v) is 2.86. The lowest BCUT2D eigenvalue weighted by Gasteiger charge is -2.21. The Morgan fingerprint density at radius 2 is 1.79 bits per heavy atom. The van der Waals surface area contributed by atoms with Crippen molar-refractivity contribution < 1.29 is 0 Å². The van der Waals surface area contributed by atoms with E-state index in [1.807, 2.05) is 19.3 Å². The largest absolute Gasteiger partial charge is 0.241 e. The molecule has 1 fully saturated rings. The van der Waals surface area contributed by atoms with E-state index in [0.717, 1.165) is 24.2 Å². The predicted octanol–water partition coefficient (Wildman–Crippen LogP) is 3.00. The summed E-state index contributed by atoms with van der Waals surface area (Å²) in [7, 11) is 0. The second kappa shape index (κ2) is 3.91. The van der Waals surface area contributed by atoms with Crippen molar-refractivity contribution in [3.63, 3.8) is 0 Å².